The number of para-hydroxylation sites is 1. The number of benzene rings is 4. The fraction of sp³-hybridized carbons (Fsp3) is 0.161. The number of ether oxygens (including phenoxy) is 1. The molecular formula is C31H30N4O7S2. The summed E-state index contributed by atoms with van der Waals surface area (Å²) in [4.78, 5) is 25.8. The predicted octanol–water partition coefficient (Wildman–Crippen LogP) is 3.94. The molecule has 0 spiro atoms. The Morgan fingerprint density at radius 1 is 0.795 bits per heavy atom. The van der Waals surface area contributed by atoms with Crippen LogP contribution in [-0.2, 0) is 26.5 Å². The van der Waals surface area contributed by atoms with Crippen LogP contribution in [0.4, 0.5) is 11.4 Å². The molecule has 5 rings (SSSR count). The second-order valence-electron chi connectivity index (χ2n) is 10.2. The van der Waals surface area contributed by atoms with E-state index in [0.29, 0.717) is 17.8 Å². The summed E-state index contributed by atoms with van der Waals surface area (Å²) in [6.07, 6.45) is 0.565. The van der Waals surface area contributed by atoms with Gasteiger partial charge in [-0.1, -0.05) is 42.0 Å². The molecule has 4 aromatic rings. The van der Waals surface area contributed by atoms with Gasteiger partial charge in [0.25, 0.3) is 31.9 Å². The van der Waals surface area contributed by atoms with E-state index in [1.54, 1.807) is 31.2 Å². The molecule has 0 fully saturated rings. The summed E-state index contributed by atoms with van der Waals surface area (Å²) in [5, 5.41) is 0. The van der Waals surface area contributed by atoms with Crippen LogP contribution in [0.3, 0.4) is 0 Å². The lowest BCUT2D eigenvalue weighted by molar-refractivity contribution is 0.0844. The Kier molecular flexibility index (Phi) is 8.35. The predicted molar refractivity (Wildman–Crippen MR) is 166 cm³/mol. The number of hydrogen-bond acceptors (Lipinski definition) is 7. The third-order valence-corrected chi connectivity index (χ3v) is 10.3. The Labute approximate surface area is 255 Å². The summed E-state index contributed by atoms with van der Waals surface area (Å²) in [6.45, 7) is 3.94. The van der Waals surface area contributed by atoms with Gasteiger partial charge in [0.15, 0.2) is 0 Å². The van der Waals surface area contributed by atoms with Crippen LogP contribution >= 0.6 is 0 Å². The third kappa shape index (κ3) is 6.10. The van der Waals surface area contributed by atoms with Crippen molar-refractivity contribution < 1.29 is 31.2 Å². The van der Waals surface area contributed by atoms with Crippen molar-refractivity contribution in [3.63, 3.8) is 0 Å². The topological polar surface area (TPSA) is 151 Å². The van der Waals surface area contributed by atoms with Crippen molar-refractivity contribution in [2.45, 2.75) is 30.1 Å². The average Bonchev–Trinajstić information content (AvgIpc) is 3.46. The number of amides is 2. The lowest BCUT2D eigenvalue weighted by atomic mass is 10.1. The van der Waals surface area contributed by atoms with Crippen molar-refractivity contribution in [2.75, 3.05) is 22.7 Å². The van der Waals surface area contributed by atoms with Crippen molar-refractivity contribution in [1.82, 2.24) is 10.9 Å². The molecule has 228 valence electrons. The van der Waals surface area contributed by atoms with Gasteiger partial charge in [0.1, 0.15) is 5.75 Å². The Morgan fingerprint density at radius 2 is 1.55 bits per heavy atom. The first kappa shape index (κ1) is 30.6. The van der Waals surface area contributed by atoms with Crippen molar-refractivity contribution >= 4 is 43.2 Å². The van der Waals surface area contributed by atoms with E-state index in [-0.39, 0.29) is 33.2 Å². The second kappa shape index (κ2) is 12.0. The zero-order valence-corrected chi connectivity index (χ0v) is 25.8. The minimum absolute atomic E-state index is 0.0372. The second-order valence-corrected chi connectivity index (χ2v) is 13.7. The van der Waals surface area contributed by atoms with Crippen molar-refractivity contribution in [2.24, 2.45) is 0 Å². The zero-order chi connectivity index (χ0) is 31.6. The van der Waals surface area contributed by atoms with Gasteiger partial charge < -0.3 is 4.74 Å². The molecule has 4 aromatic carbocycles. The molecule has 13 heteroatoms. The minimum Gasteiger partial charge on any atom is -0.496 e. The van der Waals surface area contributed by atoms with E-state index in [2.05, 4.69) is 15.6 Å². The van der Waals surface area contributed by atoms with Gasteiger partial charge in [0, 0.05) is 12.1 Å². The van der Waals surface area contributed by atoms with Crippen molar-refractivity contribution in [3.05, 3.63) is 113 Å². The molecular weight excluding hydrogens is 604 g/mol. The van der Waals surface area contributed by atoms with Crippen LogP contribution in [0.1, 0.15) is 37.4 Å². The minimum atomic E-state index is -4.03. The summed E-state index contributed by atoms with van der Waals surface area (Å²) >= 11 is 0. The highest BCUT2D eigenvalue weighted by atomic mass is 32.2. The van der Waals surface area contributed by atoms with Crippen molar-refractivity contribution in [1.29, 1.82) is 0 Å². The Hall–Kier alpha value is -4.88. The van der Waals surface area contributed by atoms with Crippen LogP contribution in [0.25, 0.3) is 0 Å². The number of carbonyl (C=O) groups excluding carboxylic acids is 2. The van der Waals surface area contributed by atoms with E-state index in [9.17, 15) is 26.4 Å². The summed E-state index contributed by atoms with van der Waals surface area (Å²) in [6, 6.07) is 21.7. The monoisotopic (exact) mass is 634 g/mol. The first-order valence-electron chi connectivity index (χ1n) is 13.5. The number of hydrogen-bond donors (Lipinski definition) is 3. The molecule has 1 aliphatic rings. The summed E-state index contributed by atoms with van der Waals surface area (Å²) in [5.74, 6) is -1.55. The van der Waals surface area contributed by atoms with Crippen molar-refractivity contribution in [3.8, 4) is 5.75 Å². The smallest absolute Gasteiger partial charge is 0.273 e. The van der Waals surface area contributed by atoms with Gasteiger partial charge in [-0.15, -0.1) is 0 Å². The number of hydrazine groups is 1. The number of anilines is 2. The van der Waals surface area contributed by atoms with Gasteiger partial charge in [-0.25, -0.2) is 16.8 Å². The number of nitrogens with zero attached hydrogens (tertiary/aromatic N) is 1. The van der Waals surface area contributed by atoms with E-state index in [0.717, 1.165) is 16.7 Å². The highest BCUT2D eigenvalue weighted by Crippen LogP contribution is 2.34. The summed E-state index contributed by atoms with van der Waals surface area (Å²) in [7, 11) is -6.71. The van der Waals surface area contributed by atoms with Gasteiger partial charge in [-0.3, -0.25) is 29.5 Å². The molecule has 0 saturated heterocycles. The molecule has 2 amide bonds. The normalized spacial score (nSPS) is 12.8. The molecule has 0 aliphatic carbocycles. The number of nitrogens with one attached hydrogen (secondary N) is 3. The molecule has 3 N–H and O–H groups in total. The van der Waals surface area contributed by atoms with Crippen LogP contribution in [-0.4, -0.2) is 42.3 Å². The van der Waals surface area contributed by atoms with Gasteiger partial charge >= 0.3 is 0 Å². The third-order valence-electron chi connectivity index (χ3n) is 7.17. The van der Waals surface area contributed by atoms with Gasteiger partial charge in [-0.05, 0) is 79.9 Å². The van der Waals surface area contributed by atoms with Crippen LogP contribution in [0.15, 0.2) is 94.7 Å². The molecule has 1 aliphatic heterocycles. The molecule has 0 atom stereocenters. The van der Waals surface area contributed by atoms with Gasteiger partial charge in [0.05, 0.1) is 33.8 Å². The first-order valence-corrected chi connectivity index (χ1v) is 16.4. The Bertz CT molecular complexity index is 1990. The SMILES string of the molecule is COc1ccc(S(=O)(=O)N2CCc3ccccc32)cc1C(=O)NNC(=O)c1cccc(S(=O)(=O)Nc2ccc(C)cc2C)c1. The molecule has 1 heterocycles. The zero-order valence-electron chi connectivity index (χ0n) is 24.1. The van der Waals surface area contributed by atoms with E-state index >= 15 is 0 Å². The lowest BCUT2D eigenvalue weighted by Gasteiger charge is -2.20. The number of carbonyl (C=O) groups is 2. The molecule has 0 unspecified atom stereocenters. The number of aryl methyl sites for hydroxylation is 2. The maximum atomic E-state index is 13.5. The van der Waals surface area contributed by atoms with Crippen LogP contribution in [0.5, 0.6) is 5.75 Å². The number of sulfonamides is 2. The van der Waals surface area contributed by atoms with E-state index in [1.165, 1.54) is 53.9 Å². The molecule has 44 heavy (non-hydrogen) atoms. The Balaban J connectivity index is 1.32. The fourth-order valence-electron chi connectivity index (χ4n) is 4.90. The van der Waals surface area contributed by atoms with Crippen LogP contribution in [0, 0.1) is 13.8 Å². The Morgan fingerprint density at radius 3 is 2.30 bits per heavy atom. The first-order chi connectivity index (χ1) is 20.9. The lowest BCUT2D eigenvalue weighted by Crippen LogP contribution is -2.42. The van der Waals surface area contributed by atoms with Crippen LogP contribution in [0.2, 0.25) is 0 Å². The molecule has 11 nitrogen and oxygen atoms in total. The molecule has 0 radical (unpaired) electrons. The molecule has 0 saturated carbocycles. The highest BCUT2D eigenvalue weighted by Gasteiger charge is 2.31. The summed E-state index contributed by atoms with van der Waals surface area (Å²) < 4.78 is 62.2. The summed E-state index contributed by atoms with van der Waals surface area (Å²) in [5.41, 5.74) is 7.95. The largest absolute Gasteiger partial charge is 0.496 e. The molecule has 0 aromatic heterocycles. The molecule has 0 bridgehead atoms. The van der Waals surface area contributed by atoms with Crippen LogP contribution < -0.4 is 24.6 Å². The number of methoxy groups -OCH3 is 1. The van der Waals surface area contributed by atoms with E-state index in [4.69, 9.17) is 4.74 Å². The fourth-order valence-corrected chi connectivity index (χ4v) is 7.61. The number of fused-ring (bicyclic) bond motifs is 1. The number of rotatable bonds is 8. The van der Waals surface area contributed by atoms with E-state index < -0.39 is 31.9 Å². The van der Waals surface area contributed by atoms with Gasteiger partial charge in [-0.2, -0.15) is 0 Å². The standard InChI is InChI=1S/C31H30N4O7S2/c1-20-11-13-27(21(2)17-20)34-43(38,39)24-9-6-8-23(18-24)30(36)32-33-31(37)26-19-25(12-14-29(26)42-3)44(40,41)35-16-15-22-7-4-5-10-28(22)35/h4-14,17-19,34H,15-16H2,1-3H3,(H,32,36)(H,33,37). The van der Waals surface area contributed by atoms with Gasteiger partial charge in [0.2, 0.25) is 0 Å². The maximum absolute atomic E-state index is 13.5. The van der Waals surface area contributed by atoms with E-state index in [1.807, 2.05) is 25.1 Å². The maximum Gasteiger partial charge on any atom is 0.273 e. The average molecular weight is 635 g/mol. The highest BCUT2D eigenvalue weighted by molar-refractivity contribution is 7.93. The quantitative estimate of drug-likeness (QED) is 0.249.